The first kappa shape index (κ1) is 12.0. The summed E-state index contributed by atoms with van der Waals surface area (Å²) < 4.78 is 0. The van der Waals surface area contributed by atoms with Crippen LogP contribution in [0.15, 0.2) is 21.6 Å². The minimum absolute atomic E-state index is 0.882. The van der Waals surface area contributed by atoms with Gasteiger partial charge in [0.1, 0.15) is 11.7 Å². The highest BCUT2D eigenvalue weighted by Gasteiger charge is 2.09. The van der Waals surface area contributed by atoms with Gasteiger partial charge in [0.2, 0.25) is 0 Å². The van der Waals surface area contributed by atoms with E-state index < -0.39 is 0 Å². The van der Waals surface area contributed by atoms with E-state index in [2.05, 4.69) is 42.1 Å². The third-order valence-corrected chi connectivity index (χ3v) is 2.13. The van der Waals surface area contributed by atoms with Gasteiger partial charge in [-0.15, -0.1) is 0 Å². The Morgan fingerprint density at radius 1 is 1.20 bits per heavy atom. The van der Waals surface area contributed by atoms with Crippen molar-refractivity contribution in [3.8, 4) is 0 Å². The van der Waals surface area contributed by atoms with Crippen LogP contribution >= 0.6 is 0 Å². The van der Waals surface area contributed by atoms with Crippen molar-refractivity contribution in [1.82, 2.24) is 5.32 Å². The maximum Gasteiger partial charge on any atom is 0.126 e. The van der Waals surface area contributed by atoms with E-state index in [0.29, 0.717) is 0 Å². The van der Waals surface area contributed by atoms with Gasteiger partial charge in [0.05, 0.1) is 0 Å². The molecule has 0 aromatic carbocycles. The summed E-state index contributed by atoms with van der Waals surface area (Å²) in [6, 6.07) is 0. The van der Waals surface area contributed by atoms with Crippen molar-refractivity contribution in [2.24, 2.45) is 9.98 Å². The van der Waals surface area contributed by atoms with Crippen molar-refractivity contribution in [3.05, 3.63) is 11.6 Å². The molecule has 0 fully saturated rings. The molecule has 0 aromatic heterocycles. The van der Waals surface area contributed by atoms with Gasteiger partial charge in [0.25, 0.3) is 0 Å². The predicted molar refractivity (Wildman–Crippen MR) is 66.7 cm³/mol. The van der Waals surface area contributed by atoms with Crippen molar-refractivity contribution in [1.29, 1.82) is 0 Å². The zero-order valence-electron chi connectivity index (χ0n) is 10.0. The molecular weight excluding hydrogens is 186 g/mol. The van der Waals surface area contributed by atoms with E-state index in [1.807, 2.05) is 0 Å². The topological polar surface area (TPSA) is 36.8 Å². The molecule has 0 spiro atoms. The molecule has 0 atom stereocenters. The molecule has 1 aliphatic heterocycles. The highest BCUT2D eigenvalue weighted by molar-refractivity contribution is 6.09. The van der Waals surface area contributed by atoms with Gasteiger partial charge < -0.3 is 5.32 Å². The van der Waals surface area contributed by atoms with Crippen molar-refractivity contribution < 1.29 is 0 Å². The van der Waals surface area contributed by atoms with Crippen molar-refractivity contribution in [2.75, 3.05) is 13.1 Å². The van der Waals surface area contributed by atoms with Crippen LogP contribution in [-0.4, -0.2) is 24.8 Å². The van der Waals surface area contributed by atoms with Gasteiger partial charge in [-0.1, -0.05) is 19.4 Å². The summed E-state index contributed by atoms with van der Waals surface area (Å²) in [5, 5.41) is 3.28. The van der Waals surface area contributed by atoms with E-state index in [4.69, 9.17) is 0 Å². The minimum Gasteiger partial charge on any atom is -0.329 e. The third-order valence-electron chi connectivity index (χ3n) is 2.13. The molecule has 1 aliphatic rings. The van der Waals surface area contributed by atoms with E-state index in [9.17, 15) is 0 Å². The highest BCUT2D eigenvalue weighted by Crippen LogP contribution is 2.07. The minimum atomic E-state index is 0.882. The molecule has 0 saturated carbocycles. The molecule has 0 radical (unpaired) electrons. The Kier molecular flexibility index (Phi) is 5.08. The maximum absolute atomic E-state index is 4.49. The van der Waals surface area contributed by atoms with Crippen molar-refractivity contribution in [3.63, 3.8) is 0 Å². The summed E-state index contributed by atoms with van der Waals surface area (Å²) >= 11 is 0. The Hall–Kier alpha value is -1.12. The summed E-state index contributed by atoms with van der Waals surface area (Å²) in [5.74, 6) is 2.03. The molecule has 1 rings (SSSR count). The Balaban J connectivity index is 2.66. The van der Waals surface area contributed by atoms with E-state index in [1.165, 1.54) is 5.57 Å². The van der Waals surface area contributed by atoms with Crippen molar-refractivity contribution in [2.45, 2.75) is 40.0 Å². The van der Waals surface area contributed by atoms with E-state index in [-0.39, 0.29) is 0 Å². The van der Waals surface area contributed by atoms with Gasteiger partial charge in [-0.2, -0.15) is 0 Å². The van der Waals surface area contributed by atoms with Gasteiger partial charge in [-0.25, -0.2) is 0 Å². The summed E-state index contributed by atoms with van der Waals surface area (Å²) in [7, 11) is 0. The first-order chi connectivity index (χ1) is 7.26. The van der Waals surface area contributed by atoms with Crippen LogP contribution < -0.4 is 5.32 Å². The Morgan fingerprint density at radius 3 is 2.53 bits per heavy atom. The Labute approximate surface area is 92.4 Å². The molecule has 3 nitrogen and oxygen atoms in total. The van der Waals surface area contributed by atoms with Crippen molar-refractivity contribution >= 4 is 11.7 Å². The van der Waals surface area contributed by atoms with E-state index >= 15 is 0 Å². The van der Waals surface area contributed by atoms with Crippen LogP contribution in [0.5, 0.6) is 0 Å². The fourth-order valence-electron chi connectivity index (χ4n) is 1.44. The quantitative estimate of drug-likeness (QED) is 0.755. The summed E-state index contributed by atoms with van der Waals surface area (Å²) in [6.45, 7) is 8.19. The van der Waals surface area contributed by atoms with Crippen LogP contribution in [0.2, 0.25) is 0 Å². The second-order valence-corrected chi connectivity index (χ2v) is 3.89. The van der Waals surface area contributed by atoms with Gasteiger partial charge in [0, 0.05) is 19.5 Å². The van der Waals surface area contributed by atoms with Crippen LogP contribution in [0.1, 0.15) is 40.0 Å². The second kappa shape index (κ2) is 6.38. The smallest absolute Gasteiger partial charge is 0.126 e. The molecule has 1 N–H and O–H groups in total. The van der Waals surface area contributed by atoms with Crippen LogP contribution in [0.25, 0.3) is 0 Å². The van der Waals surface area contributed by atoms with Gasteiger partial charge >= 0.3 is 0 Å². The Morgan fingerprint density at radius 2 is 1.87 bits per heavy atom. The third kappa shape index (κ3) is 4.28. The lowest BCUT2D eigenvalue weighted by atomic mass is 10.1. The standard InChI is InChI=1S/C12H21N3/c1-4-6-13-11-8-10(3)9-12(15-11)14-7-5-2/h8H,4-7,9H2,1-3H3,(H,13,14,15). The molecule has 0 aromatic rings. The Bertz CT molecular complexity index is 287. The predicted octanol–water partition coefficient (Wildman–Crippen LogP) is 2.54. The van der Waals surface area contributed by atoms with Crippen LogP contribution in [0.3, 0.4) is 0 Å². The first-order valence-electron chi connectivity index (χ1n) is 5.78. The first-order valence-corrected chi connectivity index (χ1v) is 5.78. The normalized spacial score (nSPS) is 21.7. The van der Waals surface area contributed by atoms with E-state index in [1.54, 1.807) is 0 Å². The number of nitrogens with one attached hydrogen (secondary N) is 1. The fraction of sp³-hybridized carbons (Fsp3) is 0.667. The lowest BCUT2D eigenvalue weighted by Gasteiger charge is -2.16. The number of rotatable bonds is 4. The summed E-state index contributed by atoms with van der Waals surface area (Å²) in [5.41, 5.74) is 1.33. The highest BCUT2D eigenvalue weighted by atomic mass is 15.1. The van der Waals surface area contributed by atoms with Crippen LogP contribution in [-0.2, 0) is 0 Å². The maximum atomic E-state index is 4.49. The molecule has 84 valence electrons. The number of amidine groups is 2. The van der Waals surface area contributed by atoms with Gasteiger partial charge in [-0.3, -0.25) is 9.98 Å². The molecule has 0 amide bonds. The lowest BCUT2D eigenvalue weighted by molar-refractivity contribution is 0.905. The van der Waals surface area contributed by atoms with Gasteiger partial charge in [0.15, 0.2) is 0 Å². The average Bonchev–Trinajstić information content (AvgIpc) is 2.23. The van der Waals surface area contributed by atoms with Crippen LogP contribution in [0.4, 0.5) is 0 Å². The largest absolute Gasteiger partial charge is 0.329 e. The molecule has 1 heterocycles. The summed E-state index contributed by atoms with van der Waals surface area (Å²) in [6.07, 6.45) is 5.22. The number of hydrogen-bond donors (Lipinski definition) is 1. The SMILES string of the molecule is CCCN=C1C=C(C)CC(=NCCC)N1. The van der Waals surface area contributed by atoms with Gasteiger partial charge in [-0.05, 0) is 25.8 Å². The number of aliphatic imine (C=N–C) groups is 2. The summed E-state index contributed by atoms with van der Waals surface area (Å²) in [4.78, 5) is 8.95. The van der Waals surface area contributed by atoms with E-state index in [0.717, 1.165) is 44.0 Å². The molecule has 0 unspecified atom stereocenters. The molecule has 0 aliphatic carbocycles. The second-order valence-electron chi connectivity index (χ2n) is 3.89. The zero-order valence-corrected chi connectivity index (χ0v) is 10.0. The molecule has 3 heteroatoms. The van der Waals surface area contributed by atoms with Crippen LogP contribution in [0, 0.1) is 0 Å². The monoisotopic (exact) mass is 207 g/mol. The molecule has 0 saturated heterocycles. The number of hydrogen-bond acceptors (Lipinski definition) is 2. The number of nitrogens with zero attached hydrogens (tertiary/aromatic N) is 2. The molecule has 15 heavy (non-hydrogen) atoms. The molecular formula is C12H21N3. The zero-order chi connectivity index (χ0) is 11.1. The fourth-order valence-corrected chi connectivity index (χ4v) is 1.44. The molecule has 0 bridgehead atoms. The average molecular weight is 207 g/mol. The lowest BCUT2D eigenvalue weighted by Crippen LogP contribution is -2.33.